The molecule has 0 N–H and O–H groups in total. The van der Waals surface area contributed by atoms with E-state index in [1.54, 1.807) is 0 Å². The summed E-state index contributed by atoms with van der Waals surface area (Å²) in [6.07, 6.45) is 0. The first-order chi connectivity index (χ1) is 29.2. The van der Waals surface area contributed by atoms with Crippen molar-refractivity contribution in [1.29, 1.82) is 0 Å². The zero-order valence-corrected chi connectivity index (χ0v) is 33.5. The number of thiophene rings is 2. The zero-order valence-electron chi connectivity index (χ0n) is 31.8. The second-order valence-electron chi connectivity index (χ2n) is 15.3. The van der Waals surface area contributed by atoms with Gasteiger partial charge >= 0.3 is 0 Å². The predicted molar refractivity (Wildman–Crippen MR) is 249 cm³/mol. The lowest BCUT2D eigenvalue weighted by Crippen LogP contribution is -2.28. The normalized spacial score (nSPS) is 12.9. The maximum absolute atomic E-state index is 5.49. The fraction of sp³-hybridized carbons (Fsp3) is 0.0182. The third kappa shape index (κ3) is 5.38. The van der Waals surface area contributed by atoms with Crippen LogP contribution in [0.5, 0.6) is 0 Å². The van der Waals surface area contributed by atoms with Gasteiger partial charge in [0.1, 0.15) is 0 Å². The molecular weight excluding hydrogens is 753 g/mol. The summed E-state index contributed by atoms with van der Waals surface area (Å²) >= 11 is 3.65. The lowest BCUT2D eigenvalue weighted by molar-refractivity contribution is 0.768. The molecule has 8 aromatic carbocycles. The van der Waals surface area contributed by atoms with Crippen molar-refractivity contribution in [2.45, 2.75) is 5.41 Å². The lowest BCUT2D eigenvalue weighted by Gasteiger charge is -2.33. The van der Waals surface area contributed by atoms with Gasteiger partial charge in [0.15, 0.2) is 5.82 Å². The summed E-state index contributed by atoms with van der Waals surface area (Å²) in [7, 11) is 0. The van der Waals surface area contributed by atoms with E-state index in [0.29, 0.717) is 5.82 Å². The molecule has 4 heteroatoms. The van der Waals surface area contributed by atoms with Gasteiger partial charge in [0.2, 0.25) is 0 Å². The molecule has 0 saturated carbocycles. The monoisotopic (exact) mass is 786 g/mol. The van der Waals surface area contributed by atoms with Gasteiger partial charge in [0, 0.05) is 46.4 Å². The average Bonchev–Trinajstić information content (AvgIpc) is 4.00. The Morgan fingerprint density at radius 2 is 0.983 bits per heavy atom. The van der Waals surface area contributed by atoms with Gasteiger partial charge in [-0.25, -0.2) is 9.97 Å². The summed E-state index contributed by atoms with van der Waals surface area (Å²) in [4.78, 5) is 12.1. The molecule has 11 aromatic rings. The Kier molecular flexibility index (Phi) is 7.84. The average molecular weight is 787 g/mol. The molecule has 0 fully saturated rings. The molecule has 276 valence electrons. The molecule has 0 amide bonds. The van der Waals surface area contributed by atoms with Gasteiger partial charge in [-0.15, -0.1) is 22.7 Å². The van der Waals surface area contributed by atoms with E-state index in [9.17, 15) is 0 Å². The van der Waals surface area contributed by atoms with Crippen molar-refractivity contribution >= 4 is 52.9 Å². The maximum Gasteiger partial charge on any atom is 0.160 e. The molecule has 0 spiro atoms. The fourth-order valence-electron chi connectivity index (χ4n) is 9.36. The van der Waals surface area contributed by atoms with E-state index < -0.39 is 5.41 Å². The van der Waals surface area contributed by atoms with Crippen LogP contribution in [0.4, 0.5) is 0 Å². The standard InChI is InChI=1S/C55H34N2S2/c1-3-15-39(16-4-1)55(40-17-5-2-6-18-40)45-22-10-8-20-43(45)53-44(21-13-23-46(53)55)48-34-47(35-26-28-36(29-27-35)51-32-37-14-7-11-24-49(37)58-51)56-54(57-48)38-30-31-42-41-19-9-12-25-50(41)59-52(42)33-38/h1-34H. The Morgan fingerprint density at radius 3 is 1.78 bits per heavy atom. The van der Waals surface area contributed by atoms with E-state index in [1.807, 2.05) is 22.7 Å². The Labute approximate surface area is 350 Å². The molecule has 1 aliphatic rings. The first kappa shape index (κ1) is 34.1. The van der Waals surface area contributed by atoms with Crippen LogP contribution in [0.15, 0.2) is 206 Å². The molecule has 2 nitrogen and oxygen atoms in total. The first-order valence-corrected chi connectivity index (χ1v) is 21.6. The van der Waals surface area contributed by atoms with Crippen LogP contribution in [-0.2, 0) is 5.41 Å². The van der Waals surface area contributed by atoms with Crippen LogP contribution in [0.1, 0.15) is 22.3 Å². The highest BCUT2D eigenvalue weighted by Crippen LogP contribution is 2.58. The number of benzene rings is 8. The van der Waals surface area contributed by atoms with Crippen molar-refractivity contribution in [2.75, 3.05) is 0 Å². The van der Waals surface area contributed by atoms with Crippen molar-refractivity contribution < 1.29 is 0 Å². The summed E-state index contributed by atoms with van der Waals surface area (Å²) in [5.41, 5.74) is 13.1. The Bertz CT molecular complexity index is 3310. The lowest BCUT2D eigenvalue weighted by atomic mass is 9.67. The SMILES string of the molecule is c1ccc(C2(c3ccccc3)c3ccccc3-c3c(-c4cc(-c5ccc(-c6cc7ccccc7s6)cc5)nc(-c5ccc6c(c5)sc5ccccc56)n4)cccc32)cc1. The first-order valence-electron chi connectivity index (χ1n) is 20.0. The molecule has 3 aromatic heterocycles. The van der Waals surface area contributed by atoms with Crippen molar-refractivity contribution in [3.63, 3.8) is 0 Å². The Balaban J connectivity index is 1.08. The highest BCUT2D eigenvalue weighted by Gasteiger charge is 2.46. The molecule has 0 saturated heterocycles. The number of fused-ring (bicyclic) bond motifs is 7. The molecular formula is C55H34N2S2. The summed E-state index contributed by atoms with van der Waals surface area (Å²) in [6, 6.07) is 75.0. The summed E-state index contributed by atoms with van der Waals surface area (Å²) < 4.78 is 3.82. The van der Waals surface area contributed by atoms with Crippen LogP contribution in [0.25, 0.3) is 85.7 Å². The van der Waals surface area contributed by atoms with E-state index in [1.165, 1.54) is 74.1 Å². The highest BCUT2D eigenvalue weighted by atomic mass is 32.1. The Hall–Kier alpha value is -6.98. The van der Waals surface area contributed by atoms with Crippen LogP contribution < -0.4 is 0 Å². The minimum atomic E-state index is -0.502. The third-order valence-electron chi connectivity index (χ3n) is 12.0. The molecule has 1 aliphatic carbocycles. The number of nitrogens with zero attached hydrogens (tertiary/aromatic N) is 2. The van der Waals surface area contributed by atoms with Crippen LogP contribution >= 0.6 is 22.7 Å². The fourth-order valence-corrected chi connectivity index (χ4v) is 11.6. The summed E-state index contributed by atoms with van der Waals surface area (Å²) in [6.45, 7) is 0. The van der Waals surface area contributed by atoms with Crippen LogP contribution in [-0.4, -0.2) is 9.97 Å². The quantitative estimate of drug-likeness (QED) is 0.168. The van der Waals surface area contributed by atoms with E-state index in [4.69, 9.17) is 9.97 Å². The number of aromatic nitrogens is 2. The Morgan fingerprint density at radius 1 is 0.373 bits per heavy atom. The van der Waals surface area contributed by atoms with Gasteiger partial charge < -0.3 is 0 Å². The molecule has 0 radical (unpaired) electrons. The van der Waals surface area contributed by atoms with Crippen LogP contribution in [0, 0.1) is 0 Å². The minimum Gasteiger partial charge on any atom is -0.228 e. The smallest absolute Gasteiger partial charge is 0.160 e. The van der Waals surface area contributed by atoms with E-state index in [0.717, 1.165) is 28.1 Å². The van der Waals surface area contributed by atoms with Gasteiger partial charge in [-0.1, -0.05) is 176 Å². The number of rotatable bonds is 6. The second-order valence-corrected chi connectivity index (χ2v) is 17.4. The third-order valence-corrected chi connectivity index (χ3v) is 14.3. The predicted octanol–water partition coefficient (Wildman–Crippen LogP) is 15.1. The molecule has 0 unspecified atom stereocenters. The second kappa shape index (κ2) is 13.6. The van der Waals surface area contributed by atoms with Gasteiger partial charge in [-0.3, -0.25) is 0 Å². The van der Waals surface area contributed by atoms with Gasteiger partial charge in [0.05, 0.1) is 16.8 Å². The highest BCUT2D eigenvalue weighted by molar-refractivity contribution is 7.25. The van der Waals surface area contributed by atoms with Crippen LogP contribution in [0.3, 0.4) is 0 Å². The molecule has 0 atom stereocenters. The van der Waals surface area contributed by atoms with Crippen molar-refractivity contribution in [1.82, 2.24) is 9.97 Å². The topological polar surface area (TPSA) is 25.8 Å². The molecule has 0 bridgehead atoms. The molecule has 59 heavy (non-hydrogen) atoms. The molecule has 12 rings (SSSR count). The summed E-state index contributed by atoms with van der Waals surface area (Å²) in [5, 5.41) is 3.82. The van der Waals surface area contributed by atoms with Crippen LogP contribution in [0.2, 0.25) is 0 Å². The number of hydrogen-bond acceptors (Lipinski definition) is 4. The van der Waals surface area contributed by atoms with Gasteiger partial charge in [-0.05, 0) is 74.7 Å². The van der Waals surface area contributed by atoms with Crippen molar-refractivity contribution in [2.24, 2.45) is 0 Å². The van der Waals surface area contributed by atoms with E-state index in [-0.39, 0.29) is 0 Å². The molecule has 0 aliphatic heterocycles. The maximum atomic E-state index is 5.49. The van der Waals surface area contributed by atoms with E-state index in [2.05, 4.69) is 206 Å². The van der Waals surface area contributed by atoms with E-state index >= 15 is 0 Å². The zero-order chi connectivity index (χ0) is 38.9. The summed E-state index contributed by atoms with van der Waals surface area (Å²) in [5.74, 6) is 0.715. The van der Waals surface area contributed by atoms with Crippen molar-refractivity contribution in [3.8, 4) is 55.5 Å². The van der Waals surface area contributed by atoms with Crippen molar-refractivity contribution in [3.05, 3.63) is 229 Å². The van der Waals surface area contributed by atoms with Gasteiger partial charge in [-0.2, -0.15) is 0 Å². The largest absolute Gasteiger partial charge is 0.228 e. The molecule has 3 heterocycles. The number of hydrogen-bond donors (Lipinski definition) is 0. The minimum absolute atomic E-state index is 0.502. The van der Waals surface area contributed by atoms with Gasteiger partial charge in [0.25, 0.3) is 0 Å².